The van der Waals surface area contributed by atoms with Gasteiger partial charge < -0.3 is 4.90 Å². The first-order valence-electron chi connectivity index (χ1n) is 4.79. The lowest BCUT2D eigenvalue weighted by Gasteiger charge is -2.15. The fourth-order valence-electron chi connectivity index (χ4n) is 1.88. The Morgan fingerprint density at radius 2 is 2.33 bits per heavy atom. The second-order valence-corrected chi connectivity index (χ2v) is 4.75. The van der Waals surface area contributed by atoms with E-state index in [0.717, 1.165) is 28.7 Å². The first-order valence-corrected chi connectivity index (χ1v) is 6.11. The van der Waals surface area contributed by atoms with Crippen LogP contribution in [0, 0.1) is 0 Å². The van der Waals surface area contributed by atoms with Crippen molar-refractivity contribution in [3.05, 3.63) is 27.7 Å². The fraction of sp³-hybridized carbons (Fsp3) is 0.364. The maximum absolute atomic E-state index is 11.4. The standard InChI is InChI=1S/C11H11BrClNO/c1-7(15)14-3-2-8-4-10(12)9(6-13)5-11(8)14/h4-5H,2-3,6H2,1H3. The second kappa shape index (κ2) is 4.14. The van der Waals surface area contributed by atoms with Gasteiger partial charge in [-0.05, 0) is 29.7 Å². The molecule has 0 saturated heterocycles. The van der Waals surface area contributed by atoms with Gasteiger partial charge in [-0.3, -0.25) is 4.79 Å². The van der Waals surface area contributed by atoms with Crippen molar-refractivity contribution >= 4 is 39.1 Å². The average Bonchev–Trinajstić information content (AvgIpc) is 2.59. The van der Waals surface area contributed by atoms with Crippen LogP contribution in [0.25, 0.3) is 0 Å². The Kier molecular flexibility index (Phi) is 3.03. The molecule has 0 bridgehead atoms. The van der Waals surface area contributed by atoms with E-state index in [0.29, 0.717) is 5.88 Å². The van der Waals surface area contributed by atoms with Gasteiger partial charge >= 0.3 is 0 Å². The van der Waals surface area contributed by atoms with Crippen molar-refractivity contribution in [2.75, 3.05) is 11.4 Å². The number of alkyl halides is 1. The van der Waals surface area contributed by atoms with Crippen LogP contribution in [0.1, 0.15) is 18.1 Å². The lowest BCUT2D eigenvalue weighted by atomic mass is 10.1. The molecule has 1 heterocycles. The highest BCUT2D eigenvalue weighted by atomic mass is 79.9. The van der Waals surface area contributed by atoms with Crippen LogP contribution >= 0.6 is 27.5 Å². The maximum atomic E-state index is 11.4. The molecule has 1 amide bonds. The van der Waals surface area contributed by atoms with Gasteiger partial charge in [0.25, 0.3) is 0 Å². The third-order valence-corrected chi connectivity index (χ3v) is 3.69. The van der Waals surface area contributed by atoms with E-state index in [1.54, 1.807) is 11.8 Å². The Morgan fingerprint density at radius 3 is 2.93 bits per heavy atom. The largest absolute Gasteiger partial charge is 0.312 e. The van der Waals surface area contributed by atoms with Gasteiger partial charge in [0.2, 0.25) is 5.91 Å². The van der Waals surface area contributed by atoms with E-state index < -0.39 is 0 Å². The minimum atomic E-state index is 0.0941. The summed E-state index contributed by atoms with van der Waals surface area (Å²) in [6.07, 6.45) is 0.927. The minimum absolute atomic E-state index is 0.0941. The predicted molar refractivity (Wildman–Crippen MR) is 65.4 cm³/mol. The van der Waals surface area contributed by atoms with Crippen LogP contribution in [-0.4, -0.2) is 12.5 Å². The molecule has 0 spiro atoms. The smallest absolute Gasteiger partial charge is 0.223 e. The van der Waals surface area contributed by atoms with Gasteiger partial charge in [0.1, 0.15) is 0 Å². The van der Waals surface area contributed by atoms with Crippen LogP contribution in [0.5, 0.6) is 0 Å². The Hall–Kier alpha value is -0.540. The van der Waals surface area contributed by atoms with Gasteiger partial charge in [0.05, 0.1) is 0 Å². The quantitative estimate of drug-likeness (QED) is 0.727. The molecule has 0 unspecified atom stereocenters. The minimum Gasteiger partial charge on any atom is -0.312 e. The molecule has 2 rings (SSSR count). The van der Waals surface area contributed by atoms with Gasteiger partial charge in [-0.1, -0.05) is 15.9 Å². The van der Waals surface area contributed by atoms with Crippen molar-refractivity contribution in [3.63, 3.8) is 0 Å². The van der Waals surface area contributed by atoms with E-state index in [1.807, 2.05) is 6.07 Å². The number of rotatable bonds is 1. The molecule has 15 heavy (non-hydrogen) atoms. The summed E-state index contributed by atoms with van der Waals surface area (Å²) in [7, 11) is 0. The van der Waals surface area contributed by atoms with E-state index in [2.05, 4.69) is 22.0 Å². The van der Waals surface area contributed by atoms with Crippen molar-refractivity contribution in [2.24, 2.45) is 0 Å². The summed E-state index contributed by atoms with van der Waals surface area (Å²) in [4.78, 5) is 13.2. The third kappa shape index (κ3) is 1.91. The number of fused-ring (bicyclic) bond motifs is 1. The highest BCUT2D eigenvalue weighted by Crippen LogP contribution is 2.33. The van der Waals surface area contributed by atoms with Gasteiger partial charge in [-0.25, -0.2) is 0 Å². The number of benzene rings is 1. The summed E-state index contributed by atoms with van der Waals surface area (Å²) in [5.74, 6) is 0.552. The third-order valence-electron chi connectivity index (χ3n) is 2.67. The lowest BCUT2D eigenvalue weighted by molar-refractivity contribution is -0.116. The SMILES string of the molecule is CC(=O)N1CCc2cc(Br)c(CCl)cc21. The summed E-state index contributed by atoms with van der Waals surface area (Å²) >= 11 is 9.31. The Balaban J connectivity index is 2.48. The zero-order valence-corrected chi connectivity index (χ0v) is 10.7. The molecule has 0 radical (unpaired) electrons. The number of hydrogen-bond donors (Lipinski definition) is 0. The first kappa shape index (κ1) is 11.0. The van der Waals surface area contributed by atoms with E-state index >= 15 is 0 Å². The number of hydrogen-bond acceptors (Lipinski definition) is 1. The molecule has 4 heteroatoms. The van der Waals surface area contributed by atoms with Gasteiger partial charge in [0, 0.05) is 29.5 Å². The number of amides is 1. The number of anilines is 1. The number of nitrogens with zero attached hydrogens (tertiary/aromatic N) is 1. The monoisotopic (exact) mass is 287 g/mol. The maximum Gasteiger partial charge on any atom is 0.223 e. The topological polar surface area (TPSA) is 20.3 Å². The van der Waals surface area contributed by atoms with Crippen LogP contribution < -0.4 is 4.90 Å². The number of carbonyl (C=O) groups is 1. The summed E-state index contributed by atoms with van der Waals surface area (Å²) in [6, 6.07) is 4.07. The molecule has 1 aliphatic heterocycles. The number of halogens is 2. The molecular weight excluding hydrogens is 277 g/mol. The van der Waals surface area contributed by atoms with Crippen molar-refractivity contribution in [1.82, 2.24) is 0 Å². The lowest BCUT2D eigenvalue weighted by Crippen LogP contribution is -2.25. The fourth-order valence-corrected chi connectivity index (χ4v) is 2.79. The van der Waals surface area contributed by atoms with Crippen LogP contribution in [-0.2, 0) is 17.1 Å². The molecule has 1 aromatic carbocycles. The Morgan fingerprint density at radius 1 is 1.60 bits per heavy atom. The second-order valence-electron chi connectivity index (χ2n) is 3.63. The Labute approximate surface area is 102 Å². The normalized spacial score (nSPS) is 14.2. The van der Waals surface area contributed by atoms with Crippen LogP contribution in [0.15, 0.2) is 16.6 Å². The summed E-state index contributed by atoms with van der Waals surface area (Å²) in [6.45, 7) is 2.38. The van der Waals surface area contributed by atoms with Crippen LogP contribution in [0.2, 0.25) is 0 Å². The average molecular weight is 289 g/mol. The zero-order chi connectivity index (χ0) is 11.0. The molecule has 0 aromatic heterocycles. The number of carbonyl (C=O) groups excluding carboxylic acids is 1. The van der Waals surface area contributed by atoms with E-state index in [4.69, 9.17) is 11.6 Å². The Bertz CT molecular complexity index is 419. The van der Waals surface area contributed by atoms with Gasteiger partial charge in [-0.15, -0.1) is 11.6 Å². The molecule has 0 saturated carbocycles. The van der Waals surface area contributed by atoms with E-state index in [1.165, 1.54) is 5.56 Å². The van der Waals surface area contributed by atoms with Gasteiger partial charge in [0.15, 0.2) is 0 Å². The van der Waals surface area contributed by atoms with Crippen molar-refractivity contribution in [2.45, 2.75) is 19.2 Å². The van der Waals surface area contributed by atoms with Crippen LogP contribution in [0.3, 0.4) is 0 Å². The zero-order valence-electron chi connectivity index (χ0n) is 8.39. The first-order chi connectivity index (χ1) is 7.13. The van der Waals surface area contributed by atoms with E-state index in [9.17, 15) is 4.79 Å². The molecule has 1 aliphatic rings. The van der Waals surface area contributed by atoms with Crippen LogP contribution in [0.4, 0.5) is 5.69 Å². The van der Waals surface area contributed by atoms with Gasteiger partial charge in [-0.2, -0.15) is 0 Å². The molecule has 1 aromatic rings. The molecule has 2 nitrogen and oxygen atoms in total. The highest BCUT2D eigenvalue weighted by Gasteiger charge is 2.23. The molecule has 0 aliphatic carbocycles. The molecule has 0 N–H and O–H groups in total. The molecule has 0 fully saturated rings. The summed E-state index contributed by atoms with van der Waals surface area (Å²) < 4.78 is 1.03. The summed E-state index contributed by atoms with van der Waals surface area (Å²) in [5.41, 5.74) is 3.26. The predicted octanol–water partition coefficient (Wildman–Crippen LogP) is 3.10. The van der Waals surface area contributed by atoms with Crippen molar-refractivity contribution in [3.8, 4) is 0 Å². The summed E-state index contributed by atoms with van der Waals surface area (Å²) in [5, 5.41) is 0. The van der Waals surface area contributed by atoms with Crippen molar-refractivity contribution < 1.29 is 4.79 Å². The van der Waals surface area contributed by atoms with E-state index in [-0.39, 0.29) is 5.91 Å². The molecular formula is C11H11BrClNO. The molecule has 0 atom stereocenters. The van der Waals surface area contributed by atoms with Crippen molar-refractivity contribution in [1.29, 1.82) is 0 Å². The molecule has 80 valence electrons. The highest BCUT2D eigenvalue weighted by molar-refractivity contribution is 9.10.